The molecule has 0 amide bonds. The lowest BCUT2D eigenvalue weighted by molar-refractivity contribution is 0.169. The smallest absolute Gasteiger partial charge is 0.165 e. The lowest BCUT2D eigenvalue weighted by atomic mass is 9.95. The van der Waals surface area contributed by atoms with E-state index in [1.807, 2.05) is 17.8 Å². The summed E-state index contributed by atoms with van der Waals surface area (Å²) in [5.74, 6) is 1.82. The zero-order valence-electron chi connectivity index (χ0n) is 12.1. The minimum Gasteiger partial charge on any atom is -0.486 e. The molecule has 1 aliphatic heterocycles. The van der Waals surface area contributed by atoms with E-state index in [1.165, 1.54) is 31.2 Å². The molecule has 0 unspecified atom stereocenters. The van der Waals surface area contributed by atoms with Crippen molar-refractivity contribution in [1.29, 1.82) is 0 Å². The summed E-state index contributed by atoms with van der Waals surface area (Å²) >= 11 is 2.02. The average molecular weight is 293 g/mol. The standard InChI is InChI=1S/C16H23NO2S/c1-20-14-7-5-13(6-8-14)17-11-12-3-2-4-15-16(12)19-10-9-18-15/h2-4,13-14,17H,5-11H2,1H3. The fourth-order valence-corrected chi connectivity index (χ4v) is 3.77. The third-order valence-corrected chi connectivity index (χ3v) is 5.37. The largest absolute Gasteiger partial charge is 0.486 e. The highest BCUT2D eigenvalue weighted by molar-refractivity contribution is 7.99. The second kappa shape index (κ2) is 6.72. The van der Waals surface area contributed by atoms with Crippen molar-refractivity contribution in [3.05, 3.63) is 23.8 Å². The highest BCUT2D eigenvalue weighted by Gasteiger charge is 2.21. The van der Waals surface area contributed by atoms with Crippen LogP contribution < -0.4 is 14.8 Å². The number of hydrogen-bond acceptors (Lipinski definition) is 4. The van der Waals surface area contributed by atoms with Gasteiger partial charge in [-0.15, -0.1) is 0 Å². The first-order valence-corrected chi connectivity index (χ1v) is 8.79. The summed E-state index contributed by atoms with van der Waals surface area (Å²) in [6.45, 7) is 2.19. The van der Waals surface area contributed by atoms with Crippen molar-refractivity contribution in [1.82, 2.24) is 5.32 Å². The van der Waals surface area contributed by atoms with Crippen LogP contribution in [0.2, 0.25) is 0 Å². The Kier molecular flexibility index (Phi) is 4.73. The summed E-state index contributed by atoms with van der Waals surface area (Å²) in [5, 5.41) is 4.56. The summed E-state index contributed by atoms with van der Waals surface area (Å²) in [7, 11) is 0. The Morgan fingerprint density at radius 3 is 2.75 bits per heavy atom. The van der Waals surface area contributed by atoms with Gasteiger partial charge < -0.3 is 14.8 Å². The molecule has 1 fully saturated rings. The fraction of sp³-hybridized carbons (Fsp3) is 0.625. The van der Waals surface area contributed by atoms with Crippen LogP contribution in [0.25, 0.3) is 0 Å². The molecule has 0 atom stereocenters. The molecule has 20 heavy (non-hydrogen) atoms. The van der Waals surface area contributed by atoms with Gasteiger partial charge in [-0.05, 0) is 38.0 Å². The van der Waals surface area contributed by atoms with Gasteiger partial charge in [0.05, 0.1) is 0 Å². The van der Waals surface area contributed by atoms with E-state index in [1.54, 1.807) is 0 Å². The maximum absolute atomic E-state index is 5.76. The first kappa shape index (κ1) is 14.1. The van der Waals surface area contributed by atoms with Crippen molar-refractivity contribution >= 4 is 11.8 Å². The van der Waals surface area contributed by atoms with Crippen molar-refractivity contribution in [2.45, 2.75) is 43.5 Å². The Hall–Kier alpha value is -0.870. The zero-order valence-corrected chi connectivity index (χ0v) is 12.9. The SMILES string of the molecule is CSC1CCC(NCc2cccc3c2OCCO3)CC1. The van der Waals surface area contributed by atoms with E-state index >= 15 is 0 Å². The van der Waals surface area contributed by atoms with E-state index in [2.05, 4.69) is 23.7 Å². The van der Waals surface area contributed by atoms with Gasteiger partial charge in [0.1, 0.15) is 13.2 Å². The number of ether oxygens (including phenoxy) is 2. The molecule has 0 bridgehead atoms. The molecule has 1 N–H and O–H groups in total. The Bertz CT molecular complexity index is 444. The first-order valence-electron chi connectivity index (χ1n) is 7.50. The van der Waals surface area contributed by atoms with Crippen molar-refractivity contribution in [3.8, 4) is 11.5 Å². The molecular weight excluding hydrogens is 270 g/mol. The van der Waals surface area contributed by atoms with Crippen LogP contribution in [0.5, 0.6) is 11.5 Å². The number of fused-ring (bicyclic) bond motifs is 1. The third-order valence-electron chi connectivity index (χ3n) is 4.24. The molecule has 1 aromatic rings. The average Bonchev–Trinajstić information content (AvgIpc) is 2.53. The molecule has 2 aliphatic rings. The van der Waals surface area contributed by atoms with Crippen LogP contribution in [-0.2, 0) is 6.54 Å². The molecule has 1 aromatic carbocycles. The highest BCUT2D eigenvalue weighted by Crippen LogP contribution is 2.34. The van der Waals surface area contributed by atoms with Gasteiger partial charge in [0.25, 0.3) is 0 Å². The summed E-state index contributed by atoms with van der Waals surface area (Å²) in [4.78, 5) is 0. The second-order valence-corrected chi connectivity index (χ2v) is 6.67. The predicted octanol–water partition coefficient (Wildman–Crippen LogP) is 3.22. The van der Waals surface area contributed by atoms with Gasteiger partial charge in [0.15, 0.2) is 11.5 Å². The topological polar surface area (TPSA) is 30.5 Å². The van der Waals surface area contributed by atoms with Crippen molar-refractivity contribution in [2.75, 3.05) is 19.5 Å². The number of rotatable bonds is 4. The van der Waals surface area contributed by atoms with Crippen molar-refractivity contribution in [2.24, 2.45) is 0 Å². The van der Waals surface area contributed by atoms with Gasteiger partial charge in [0, 0.05) is 23.4 Å². The minimum atomic E-state index is 0.652. The van der Waals surface area contributed by atoms with Crippen LogP contribution in [0.1, 0.15) is 31.2 Å². The van der Waals surface area contributed by atoms with E-state index in [-0.39, 0.29) is 0 Å². The molecule has 3 rings (SSSR count). The molecule has 0 radical (unpaired) electrons. The van der Waals surface area contributed by atoms with Crippen LogP contribution >= 0.6 is 11.8 Å². The lowest BCUT2D eigenvalue weighted by Gasteiger charge is -2.28. The Morgan fingerprint density at radius 2 is 1.95 bits per heavy atom. The molecule has 0 aromatic heterocycles. The van der Waals surface area contributed by atoms with Gasteiger partial charge in [-0.25, -0.2) is 0 Å². The molecule has 0 spiro atoms. The normalized spacial score (nSPS) is 25.4. The molecular formula is C16H23NO2S. The summed E-state index contributed by atoms with van der Waals surface area (Å²) in [6, 6.07) is 6.82. The van der Waals surface area contributed by atoms with Crippen LogP contribution in [0, 0.1) is 0 Å². The van der Waals surface area contributed by atoms with Crippen LogP contribution in [-0.4, -0.2) is 30.8 Å². The van der Waals surface area contributed by atoms with E-state index in [4.69, 9.17) is 9.47 Å². The molecule has 4 heteroatoms. The van der Waals surface area contributed by atoms with Gasteiger partial charge in [-0.3, -0.25) is 0 Å². The van der Waals surface area contributed by atoms with Crippen LogP contribution in [0.4, 0.5) is 0 Å². The Labute approximate surface area is 125 Å². The third kappa shape index (κ3) is 3.23. The monoisotopic (exact) mass is 293 g/mol. The highest BCUT2D eigenvalue weighted by atomic mass is 32.2. The number of nitrogens with one attached hydrogen (secondary N) is 1. The number of para-hydroxylation sites is 1. The molecule has 1 saturated carbocycles. The molecule has 110 valence electrons. The molecule has 0 saturated heterocycles. The quantitative estimate of drug-likeness (QED) is 0.923. The van der Waals surface area contributed by atoms with Crippen LogP contribution in [0.15, 0.2) is 18.2 Å². The zero-order chi connectivity index (χ0) is 13.8. The van der Waals surface area contributed by atoms with E-state index in [0.29, 0.717) is 19.3 Å². The van der Waals surface area contributed by atoms with Gasteiger partial charge in [-0.1, -0.05) is 12.1 Å². The van der Waals surface area contributed by atoms with E-state index in [0.717, 1.165) is 23.3 Å². The van der Waals surface area contributed by atoms with Gasteiger partial charge in [0.2, 0.25) is 0 Å². The number of benzene rings is 1. The van der Waals surface area contributed by atoms with Crippen molar-refractivity contribution < 1.29 is 9.47 Å². The fourth-order valence-electron chi connectivity index (χ4n) is 3.03. The van der Waals surface area contributed by atoms with Crippen LogP contribution in [0.3, 0.4) is 0 Å². The number of thioether (sulfide) groups is 1. The molecule has 1 heterocycles. The molecule has 1 aliphatic carbocycles. The minimum absolute atomic E-state index is 0.652. The predicted molar refractivity (Wildman–Crippen MR) is 83.8 cm³/mol. The van der Waals surface area contributed by atoms with E-state index in [9.17, 15) is 0 Å². The molecule has 3 nitrogen and oxygen atoms in total. The summed E-state index contributed by atoms with van der Waals surface area (Å²) < 4.78 is 11.4. The summed E-state index contributed by atoms with van der Waals surface area (Å²) in [5.41, 5.74) is 1.22. The Morgan fingerprint density at radius 1 is 1.15 bits per heavy atom. The number of hydrogen-bond donors (Lipinski definition) is 1. The van der Waals surface area contributed by atoms with E-state index < -0.39 is 0 Å². The maximum atomic E-state index is 5.76. The lowest BCUT2D eigenvalue weighted by Crippen LogP contribution is -2.33. The Balaban J connectivity index is 1.56. The summed E-state index contributed by atoms with van der Waals surface area (Å²) in [6.07, 6.45) is 7.48. The maximum Gasteiger partial charge on any atom is 0.165 e. The van der Waals surface area contributed by atoms with Crippen molar-refractivity contribution in [3.63, 3.8) is 0 Å². The van der Waals surface area contributed by atoms with Gasteiger partial charge in [-0.2, -0.15) is 11.8 Å². The first-order chi connectivity index (χ1) is 9.86. The van der Waals surface area contributed by atoms with Gasteiger partial charge >= 0.3 is 0 Å². The second-order valence-electron chi connectivity index (χ2n) is 5.53.